The van der Waals surface area contributed by atoms with E-state index < -0.39 is 31.2 Å². The lowest BCUT2D eigenvalue weighted by Crippen LogP contribution is -2.30. The van der Waals surface area contributed by atoms with Gasteiger partial charge in [0.25, 0.3) is 0 Å². The molecule has 1 aliphatic heterocycles. The van der Waals surface area contributed by atoms with Crippen LogP contribution in [0.15, 0.2) is 0 Å². The summed E-state index contributed by atoms with van der Waals surface area (Å²) >= 11 is 0. The summed E-state index contributed by atoms with van der Waals surface area (Å²) in [5.41, 5.74) is 0. The van der Waals surface area contributed by atoms with Crippen LogP contribution in [0.5, 0.6) is 0 Å². The van der Waals surface area contributed by atoms with Crippen molar-refractivity contribution in [2.45, 2.75) is 0 Å². The molecular formula is C4HBO9. The van der Waals surface area contributed by atoms with E-state index in [2.05, 4.69) is 18.9 Å². The molecule has 0 aromatic carbocycles. The standard InChI is InChI=1S/C4HBO9/c6-1-2(7)12-5(11-1)13-3(8)4(9)14-10/h10H. The maximum atomic E-state index is 10.5. The summed E-state index contributed by atoms with van der Waals surface area (Å²) in [6.07, 6.45) is 0. The van der Waals surface area contributed by atoms with Crippen molar-refractivity contribution in [1.82, 2.24) is 0 Å². The Morgan fingerprint density at radius 1 is 1.14 bits per heavy atom. The molecule has 74 valence electrons. The molecule has 0 amide bonds. The zero-order chi connectivity index (χ0) is 10.7. The Kier molecular flexibility index (Phi) is 2.67. The van der Waals surface area contributed by atoms with Crippen LogP contribution in [-0.4, -0.2) is 36.5 Å². The minimum absolute atomic E-state index is 1.36. The summed E-state index contributed by atoms with van der Waals surface area (Å²) in [5.74, 6) is -6.15. The molecule has 0 radical (unpaired) electrons. The highest BCUT2D eigenvalue weighted by Crippen LogP contribution is 2.04. The van der Waals surface area contributed by atoms with Gasteiger partial charge >= 0.3 is 31.2 Å². The first-order chi connectivity index (χ1) is 6.54. The highest BCUT2D eigenvalue weighted by atomic mass is 17.1. The number of hydrogen-bond acceptors (Lipinski definition) is 9. The summed E-state index contributed by atoms with van der Waals surface area (Å²) in [6.45, 7) is 0. The van der Waals surface area contributed by atoms with Crippen LogP contribution in [0.4, 0.5) is 0 Å². The van der Waals surface area contributed by atoms with Gasteiger partial charge in [-0.1, -0.05) is 0 Å². The van der Waals surface area contributed by atoms with Gasteiger partial charge in [-0.2, -0.15) is 5.26 Å². The zero-order valence-corrected chi connectivity index (χ0v) is 6.29. The summed E-state index contributed by atoms with van der Waals surface area (Å²) in [5, 5.41) is 7.72. The first-order valence-electron chi connectivity index (χ1n) is 3.02. The molecule has 0 bridgehead atoms. The first-order valence-corrected chi connectivity index (χ1v) is 3.02. The predicted molar refractivity (Wildman–Crippen MR) is 32.8 cm³/mol. The van der Waals surface area contributed by atoms with Crippen molar-refractivity contribution >= 4 is 31.2 Å². The van der Waals surface area contributed by atoms with Gasteiger partial charge < -0.3 is 14.0 Å². The minimum Gasteiger partial charge on any atom is -0.453 e. The molecule has 0 spiro atoms. The molecule has 0 aromatic heterocycles. The van der Waals surface area contributed by atoms with E-state index in [9.17, 15) is 19.2 Å². The van der Waals surface area contributed by atoms with Crippen molar-refractivity contribution < 1.29 is 43.3 Å². The third kappa shape index (κ3) is 1.98. The minimum atomic E-state index is -1.93. The fraction of sp³-hybridized carbons (Fsp3) is 0. The quantitative estimate of drug-likeness (QED) is 0.215. The second-order valence-corrected chi connectivity index (χ2v) is 1.88. The second-order valence-electron chi connectivity index (χ2n) is 1.88. The van der Waals surface area contributed by atoms with Crippen LogP contribution in [-0.2, 0) is 38.0 Å². The summed E-state index contributed by atoms with van der Waals surface area (Å²) < 4.78 is 11.9. The van der Waals surface area contributed by atoms with Crippen molar-refractivity contribution in [2.24, 2.45) is 0 Å². The molecule has 1 fully saturated rings. The summed E-state index contributed by atoms with van der Waals surface area (Å²) in [6, 6.07) is 0. The molecule has 9 nitrogen and oxygen atoms in total. The van der Waals surface area contributed by atoms with Gasteiger partial charge in [0.2, 0.25) is 0 Å². The molecule has 0 atom stereocenters. The van der Waals surface area contributed by atoms with Crippen molar-refractivity contribution in [3.8, 4) is 0 Å². The number of carbonyl (C=O) groups is 4. The molecule has 14 heavy (non-hydrogen) atoms. The third-order valence-corrected chi connectivity index (χ3v) is 1.03. The second kappa shape index (κ2) is 3.74. The van der Waals surface area contributed by atoms with Crippen LogP contribution in [0.1, 0.15) is 0 Å². The highest BCUT2D eigenvalue weighted by molar-refractivity contribution is 6.58. The van der Waals surface area contributed by atoms with Crippen LogP contribution < -0.4 is 0 Å². The lowest BCUT2D eigenvalue weighted by molar-refractivity contribution is -0.235. The Morgan fingerprint density at radius 3 is 2.07 bits per heavy atom. The van der Waals surface area contributed by atoms with E-state index in [1.807, 2.05) is 0 Å². The molecule has 1 heterocycles. The van der Waals surface area contributed by atoms with E-state index in [1.54, 1.807) is 0 Å². The van der Waals surface area contributed by atoms with E-state index >= 15 is 0 Å². The highest BCUT2D eigenvalue weighted by Gasteiger charge is 2.48. The molecular weight excluding hydrogens is 203 g/mol. The number of carbonyl (C=O) groups excluding carboxylic acids is 4. The zero-order valence-electron chi connectivity index (χ0n) is 6.29. The van der Waals surface area contributed by atoms with Crippen LogP contribution in [0.25, 0.3) is 0 Å². The van der Waals surface area contributed by atoms with E-state index in [-0.39, 0.29) is 0 Å². The Bertz CT molecular complexity index is 292. The van der Waals surface area contributed by atoms with Gasteiger partial charge in [0.1, 0.15) is 0 Å². The first kappa shape index (κ1) is 9.99. The van der Waals surface area contributed by atoms with Crippen LogP contribution in [0.3, 0.4) is 0 Å². The molecule has 1 saturated heterocycles. The number of rotatable bonds is 1. The summed E-state index contributed by atoms with van der Waals surface area (Å²) in [4.78, 5) is 44.4. The normalized spacial score (nSPS) is 14.5. The van der Waals surface area contributed by atoms with E-state index in [0.29, 0.717) is 0 Å². The molecule has 0 aromatic rings. The van der Waals surface area contributed by atoms with Crippen molar-refractivity contribution in [1.29, 1.82) is 0 Å². The Morgan fingerprint density at radius 2 is 1.64 bits per heavy atom. The van der Waals surface area contributed by atoms with E-state index in [0.717, 1.165) is 0 Å². The van der Waals surface area contributed by atoms with Gasteiger partial charge in [-0.05, 0) is 0 Å². The monoisotopic (exact) mass is 204 g/mol. The fourth-order valence-electron chi connectivity index (χ4n) is 0.516. The van der Waals surface area contributed by atoms with Crippen molar-refractivity contribution in [2.75, 3.05) is 0 Å². The Balaban J connectivity index is 2.47. The molecule has 1 N–H and O–H groups in total. The van der Waals surface area contributed by atoms with Crippen molar-refractivity contribution in [3.05, 3.63) is 0 Å². The topological polar surface area (TPSA) is 125 Å². The van der Waals surface area contributed by atoms with E-state index in [4.69, 9.17) is 5.26 Å². The van der Waals surface area contributed by atoms with Gasteiger partial charge in [-0.15, -0.1) is 0 Å². The molecule has 0 saturated carbocycles. The molecule has 1 aliphatic rings. The van der Waals surface area contributed by atoms with Gasteiger partial charge in [0.05, 0.1) is 0 Å². The Labute approximate surface area is 75.6 Å². The SMILES string of the molecule is O=C(OO)C(=O)OB1OC(=O)C(=O)O1. The van der Waals surface area contributed by atoms with Gasteiger partial charge in [-0.3, -0.25) is 4.89 Å². The smallest absolute Gasteiger partial charge is 0.453 e. The van der Waals surface area contributed by atoms with Gasteiger partial charge in [0, 0.05) is 0 Å². The maximum absolute atomic E-state index is 10.5. The Hall–Kier alpha value is -2.10. The van der Waals surface area contributed by atoms with Gasteiger partial charge in [0.15, 0.2) is 0 Å². The molecule has 0 aliphatic carbocycles. The van der Waals surface area contributed by atoms with Crippen LogP contribution in [0, 0.1) is 0 Å². The largest absolute Gasteiger partial charge is 0.871 e. The third-order valence-electron chi connectivity index (χ3n) is 1.03. The lowest BCUT2D eigenvalue weighted by Gasteiger charge is -2.00. The molecule has 1 rings (SSSR count). The fourth-order valence-corrected chi connectivity index (χ4v) is 0.516. The van der Waals surface area contributed by atoms with Gasteiger partial charge in [-0.25, -0.2) is 19.2 Å². The molecule has 10 heteroatoms. The molecule has 0 unspecified atom stereocenters. The van der Waals surface area contributed by atoms with Crippen LogP contribution >= 0.6 is 0 Å². The van der Waals surface area contributed by atoms with Crippen LogP contribution in [0.2, 0.25) is 0 Å². The maximum Gasteiger partial charge on any atom is 0.871 e. The van der Waals surface area contributed by atoms with Crippen molar-refractivity contribution in [3.63, 3.8) is 0 Å². The average molecular weight is 204 g/mol. The lowest BCUT2D eigenvalue weighted by atomic mass is 10.2. The predicted octanol–water partition coefficient (Wildman–Crippen LogP) is -2.37. The summed E-state index contributed by atoms with van der Waals surface area (Å²) in [7, 11) is -1.93. The van der Waals surface area contributed by atoms with E-state index in [1.165, 1.54) is 0 Å². The average Bonchev–Trinajstić information content (AvgIpc) is 2.44. The number of hydrogen-bond donors (Lipinski definition) is 1.